The summed E-state index contributed by atoms with van der Waals surface area (Å²) in [6.07, 6.45) is 0. The molecule has 1 atom stereocenters. The minimum Gasteiger partial charge on any atom is -0.454 e. The molecule has 34 heavy (non-hydrogen) atoms. The summed E-state index contributed by atoms with van der Waals surface area (Å²) in [6, 6.07) is 18.3. The predicted molar refractivity (Wildman–Crippen MR) is 130 cm³/mol. The number of aryl methyl sites for hydroxylation is 2. The molecule has 0 bridgehead atoms. The summed E-state index contributed by atoms with van der Waals surface area (Å²) in [4.78, 5) is 26.3. The lowest BCUT2D eigenvalue weighted by Crippen LogP contribution is -2.37. The second-order valence-corrected chi connectivity index (χ2v) is 8.54. The van der Waals surface area contributed by atoms with Crippen LogP contribution in [0.1, 0.15) is 29.7 Å². The second-order valence-electron chi connectivity index (χ2n) is 8.54. The quantitative estimate of drug-likeness (QED) is 0.486. The number of nitrogens with one attached hydrogen (secondary N) is 1. The summed E-state index contributed by atoms with van der Waals surface area (Å²) in [6.45, 7) is 6.22. The summed E-state index contributed by atoms with van der Waals surface area (Å²) < 4.78 is 12.0. The van der Waals surface area contributed by atoms with Gasteiger partial charge in [-0.3, -0.25) is 9.59 Å². The first-order chi connectivity index (χ1) is 16.4. The molecule has 3 aromatic carbocycles. The number of carbonyl (C=O) groups excluding carboxylic acids is 1. The van der Waals surface area contributed by atoms with E-state index in [2.05, 4.69) is 11.4 Å². The topological polar surface area (TPSA) is 82.5 Å². The third-order valence-electron chi connectivity index (χ3n) is 6.13. The highest BCUT2D eigenvalue weighted by molar-refractivity contribution is 5.94. The van der Waals surface area contributed by atoms with Crippen molar-refractivity contribution in [3.63, 3.8) is 0 Å². The number of nitrogens with zero attached hydrogens (tertiary/aromatic N) is 2. The first kappa shape index (κ1) is 21.7. The van der Waals surface area contributed by atoms with E-state index < -0.39 is 6.04 Å². The molecule has 0 spiro atoms. The third kappa shape index (κ3) is 3.90. The van der Waals surface area contributed by atoms with Crippen LogP contribution >= 0.6 is 0 Å². The molecule has 172 valence electrons. The number of benzene rings is 3. The van der Waals surface area contributed by atoms with Crippen molar-refractivity contribution < 1.29 is 14.3 Å². The van der Waals surface area contributed by atoms with Gasteiger partial charge in [-0.05, 0) is 56.2 Å². The van der Waals surface area contributed by atoms with Crippen LogP contribution in [0.2, 0.25) is 0 Å². The van der Waals surface area contributed by atoms with Gasteiger partial charge in [-0.2, -0.15) is 5.10 Å². The number of hydrogen-bond donors (Lipinski definition) is 1. The molecule has 0 unspecified atom stereocenters. The van der Waals surface area contributed by atoms with E-state index in [1.165, 1.54) is 4.68 Å². The maximum Gasteiger partial charge on any atom is 0.275 e. The maximum atomic E-state index is 13.3. The van der Waals surface area contributed by atoms with Crippen LogP contribution < -0.4 is 20.3 Å². The first-order valence-electron chi connectivity index (χ1n) is 11.2. The SMILES string of the molecule is Cc1ccc(C)c(-c2nn([C@@H](C)C(=O)NCc3ccc4c(c3)OCO4)c(=O)c3ccccc23)c1. The fraction of sp³-hybridized carbons (Fsp3) is 0.222. The molecular formula is C27H25N3O4. The van der Waals surface area contributed by atoms with E-state index in [0.29, 0.717) is 29.1 Å². The minimum absolute atomic E-state index is 0.196. The van der Waals surface area contributed by atoms with Crippen molar-refractivity contribution in [3.05, 3.63) is 87.7 Å². The molecule has 4 aromatic rings. The van der Waals surface area contributed by atoms with Crippen molar-refractivity contribution in [2.24, 2.45) is 0 Å². The van der Waals surface area contributed by atoms with E-state index in [9.17, 15) is 9.59 Å². The molecule has 1 aliphatic rings. The van der Waals surface area contributed by atoms with Crippen LogP contribution in [0.25, 0.3) is 22.0 Å². The molecule has 1 aliphatic heterocycles. The van der Waals surface area contributed by atoms with E-state index in [4.69, 9.17) is 14.6 Å². The van der Waals surface area contributed by atoms with Gasteiger partial charge in [0, 0.05) is 17.5 Å². The number of aromatic nitrogens is 2. The summed E-state index contributed by atoms with van der Waals surface area (Å²) in [7, 11) is 0. The van der Waals surface area contributed by atoms with Crippen molar-refractivity contribution in [2.75, 3.05) is 6.79 Å². The van der Waals surface area contributed by atoms with Crippen LogP contribution in [0.4, 0.5) is 0 Å². The number of hydrogen-bond acceptors (Lipinski definition) is 5. The number of amides is 1. The number of carbonyl (C=O) groups is 1. The van der Waals surface area contributed by atoms with Crippen LogP contribution in [0.15, 0.2) is 65.5 Å². The van der Waals surface area contributed by atoms with Gasteiger partial charge in [0.1, 0.15) is 6.04 Å². The highest BCUT2D eigenvalue weighted by atomic mass is 16.7. The monoisotopic (exact) mass is 455 g/mol. The first-order valence-corrected chi connectivity index (χ1v) is 11.2. The van der Waals surface area contributed by atoms with E-state index in [1.807, 2.05) is 62.4 Å². The maximum absolute atomic E-state index is 13.3. The van der Waals surface area contributed by atoms with Gasteiger partial charge in [0.25, 0.3) is 5.56 Å². The minimum atomic E-state index is -0.796. The summed E-state index contributed by atoms with van der Waals surface area (Å²) in [5, 5.41) is 8.91. The Labute approximate surface area is 196 Å². The Balaban J connectivity index is 1.49. The highest BCUT2D eigenvalue weighted by Gasteiger charge is 2.22. The normalized spacial score (nSPS) is 13.1. The van der Waals surface area contributed by atoms with Gasteiger partial charge in [-0.1, -0.05) is 42.0 Å². The zero-order valence-electron chi connectivity index (χ0n) is 19.3. The molecule has 7 nitrogen and oxygen atoms in total. The zero-order chi connectivity index (χ0) is 23.8. The van der Waals surface area contributed by atoms with Crippen LogP contribution in [-0.4, -0.2) is 22.5 Å². The molecule has 1 N–H and O–H groups in total. The van der Waals surface area contributed by atoms with E-state index >= 15 is 0 Å². The van der Waals surface area contributed by atoms with E-state index in [0.717, 1.165) is 27.6 Å². The molecule has 0 saturated heterocycles. The largest absolute Gasteiger partial charge is 0.454 e. The Morgan fingerprint density at radius 1 is 1.03 bits per heavy atom. The van der Waals surface area contributed by atoms with Crippen LogP contribution in [0.5, 0.6) is 11.5 Å². The molecule has 0 aliphatic carbocycles. The van der Waals surface area contributed by atoms with Gasteiger partial charge < -0.3 is 14.8 Å². The van der Waals surface area contributed by atoms with E-state index in [-0.39, 0.29) is 18.3 Å². The predicted octanol–water partition coefficient (Wildman–Crippen LogP) is 4.29. The van der Waals surface area contributed by atoms with Crippen molar-refractivity contribution >= 4 is 16.7 Å². The second kappa shape index (κ2) is 8.67. The van der Waals surface area contributed by atoms with Crippen LogP contribution in [-0.2, 0) is 11.3 Å². The zero-order valence-corrected chi connectivity index (χ0v) is 19.3. The molecule has 1 aromatic heterocycles. The molecule has 7 heteroatoms. The summed E-state index contributed by atoms with van der Waals surface area (Å²) in [5.41, 5.74) is 4.35. The fourth-order valence-corrected chi connectivity index (χ4v) is 4.16. The van der Waals surface area contributed by atoms with Gasteiger partial charge in [-0.25, -0.2) is 4.68 Å². The van der Waals surface area contributed by atoms with Gasteiger partial charge in [0.05, 0.1) is 11.1 Å². The van der Waals surface area contributed by atoms with Gasteiger partial charge >= 0.3 is 0 Å². The molecular weight excluding hydrogens is 430 g/mol. The molecule has 0 fully saturated rings. The Morgan fingerprint density at radius 2 is 1.79 bits per heavy atom. The number of rotatable bonds is 5. The van der Waals surface area contributed by atoms with Crippen molar-refractivity contribution in [2.45, 2.75) is 33.4 Å². The van der Waals surface area contributed by atoms with E-state index in [1.54, 1.807) is 13.0 Å². The standard InChI is InChI=1S/C27H25N3O4/c1-16-8-9-17(2)22(12-16)25-20-6-4-5-7-21(20)27(32)30(29-25)18(3)26(31)28-14-19-10-11-23-24(13-19)34-15-33-23/h4-13,18H,14-15H2,1-3H3,(H,28,31)/t18-/m0/s1. The van der Waals surface area contributed by atoms with Gasteiger partial charge in [0.2, 0.25) is 12.7 Å². The summed E-state index contributed by atoms with van der Waals surface area (Å²) in [5.74, 6) is 1.05. The molecule has 5 rings (SSSR count). The highest BCUT2D eigenvalue weighted by Crippen LogP contribution is 2.32. The van der Waals surface area contributed by atoms with Crippen molar-refractivity contribution in [3.8, 4) is 22.8 Å². The molecule has 0 radical (unpaired) electrons. The molecule has 2 heterocycles. The van der Waals surface area contributed by atoms with Gasteiger partial charge in [0.15, 0.2) is 11.5 Å². The molecule has 0 saturated carbocycles. The third-order valence-corrected chi connectivity index (χ3v) is 6.13. The Bertz CT molecular complexity index is 1470. The number of fused-ring (bicyclic) bond motifs is 2. The smallest absolute Gasteiger partial charge is 0.275 e. The fourth-order valence-electron chi connectivity index (χ4n) is 4.16. The molecule has 1 amide bonds. The van der Waals surface area contributed by atoms with Crippen molar-refractivity contribution in [1.29, 1.82) is 0 Å². The summed E-state index contributed by atoms with van der Waals surface area (Å²) >= 11 is 0. The Morgan fingerprint density at radius 3 is 2.62 bits per heavy atom. The van der Waals surface area contributed by atoms with Crippen molar-refractivity contribution in [1.82, 2.24) is 15.1 Å². The lowest BCUT2D eigenvalue weighted by atomic mass is 9.99. The van der Waals surface area contributed by atoms with Crippen LogP contribution in [0, 0.1) is 13.8 Å². The average molecular weight is 456 g/mol. The lowest BCUT2D eigenvalue weighted by molar-refractivity contribution is -0.124. The van der Waals surface area contributed by atoms with Gasteiger partial charge in [-0.15, -0.1) is 0 Å². The Kier molecular flexibility index (Phi) is 5.53. The van der Waals surface area contributed by atoms with Crippen LogP contribution in [0.3, 0.4) is 0 Å². The Hall–Kier alpha value is -4.13. The average Bonchev–Trinajstić information content (AvgIpc) is 3.32. The number of ether oxygens (including phenoxy) is 2. The lowest BCUT2D eigenvalue weighted by Gasteiger charge is -2.18.